The van der Waals surface area contributed by atoms with Gasteiger partial charge in [-0.05, 0) is 29.8 Å². The van der Waals surface area contributed by atoms with Gasteiger partial charge in [0.25, 0.3) is 5.91 Å². The topological polar surface area (TPSA) is 95.5 Å². The summed E-state index contributed by atoms with van der Waals surface area (Å²) in [5.41, 5.74) is 0.900. The Balaban J connectivity index is 2.13. The molecule has 1 amide bonds. The van der Waals surface area contributed by atoms with Crippen LogP contribution in [0.4, 0.5) is 0 Å². The summed E-state index contributed by atoms with van der Waals surface area (Å²) in [4.78, 5) is 12.5. The summed E-state index contributed by atoms with van der Waals surface area (Å²) in [5, 5.41) is 13.1. The molecule has 2 rings (SSSR count). The summed E-state index contributed by atoms with van der Waals surface area (Å²) in [6.45, 7) is 0.00494. The van der Waals surface area contributed by atoms with Gasteiger partial charge in [-0.3, -0.25) is 4.79 Å². The third kappa shape index (κ3) is 4.58. The van der Waals surface area contributed by atoms with Gasteiger partial charge in [0, 0.05) is 12.1 Å². The van der Waals surface area contributed by atoms with Crippen LogP contribution in [-0.2, 0) is 0 Å². The van der Waals surface area contributed by atoms with Gasteiger partial charge in [-0.2, -0.15) is 0 Å². The highest BCUT2D eigenvalue weighted by Crippen LogP contribution is 2.38. The Morgan fingerprint density at radius 2 is 1.43 bits per heavy atom. The zero-order valence-corrected chi connectivity index (χ0v) is 16.6. The van der Waals surface area contributed by atoms with E-state index >= 15 is 0 Å². The van der Waals surface area contributed by atoms with E-state index < -0.39 is 12.0 Å². The molecular formula is C20H25NO7. The first-order chi connectivity index (χ1) is 13.5. The van der Waals surface area contributed by atoms with Gasteiger partial charge < -0.3 is 34.1 Å². The van der Waals surface area contributed by atoms with Crippen LogP contribution in [0.3, 0.4) is 0 Å². The van der Waals surface area contributed by atoms with E-state index in [0.29, 0.717) is 39.9 Å². The van der Waals surface area contributed by atoms with Crippen LogP contribution in [0.5, 0.6) is 28.7 Å². The Kier molecular flexibility index (Phi) is 7.34. The van der Waals surface area contributed by atoms with Crippen molar-refractivity contribution < 1.29 is 33.6 Å². The monoisotopic (exact) mass is 391 g/mol. The number of hydrogen-bond acceptors (Lipinski definition) is 7. The lowest BCUT2D eigenvalue weighted by Crippen LogP contribution is -2.28. The van der Waals surface area contributed by atoms with Crippen molar-refractivity contribution >= 4 is 5.91 Å². The zero-order chi connectivity index (χ0) is 20.7. The third-order valence-electron chi connectivity index (χ3n) is 4.18. The predicted octanol–water partition coefficient (Wildman–Crippen LogP) is 2.19. The molecule has 1 atom stereocenters. The van der Waals surface area contributed by atoms with Crippen LogP contribution < -0.4 is 29.0 Å². The van der Waals surface area contributed by atoms with E-state index in [0.717, 1.165) is 0 Å². The number of rotatable bonds is 9. The highest BCUT2D eigenvalue weighted by molar-refractivity contribution is 5.95. The van der Waals surface area contributed by atoms with E-state index in [4.69, 9.17) is 23.7 Å². The number of aliphatic hydroxyl groups is 1. The molecule has 2 aromatic carbocycles. The molecule has 8 nitrogen and oxygen atoms in total. The summed E-state index contributed by atoms with van der Waals surface area (Å²) >= 11 is 0. The van der Waals surface area contributed by atoms with Gasteiger partial charge in [0.05, 0.1) is 41.7 Å². The quantitative estimate of drug-likeness (QED) is 0.676. The first-order valence-corrected chi connectivity index (χ1v) is 8.47. The molecular weight excluding hydrogens is 366 g/mol. The minimum absolute atomic E-state index is 0.00494. The number of carbonyl (C=O) groups excluding carboxylic acids is 1. The highest BCUT2D eigenvalue weighted by atomic mass is 16.5. The molecule has 2 N–H and O–H groups in total. The Bertz CT molecular complexity index is 797. The summed E-state index contributed by atoms with van der Waals surface area (Å²) in [5.74, 6) is 1.79. The average molecular weight is 391 g/mol. The number of benzene rings is 2. The van der Waals surface area contributed by atoms with Gasteiger partial charge in [-0.1, -0.05) is 6.07 Å². The summed E-state index contributed by atoms with van der Waals surface area (Å²) in [7, 11) is 7.48. The molecule has 0 aromatic heterocycles. The SMILES string of the molecule is COc1ccc(C(O)CNC(=O)c2cc(OC)c(OC)c(OC)c2)cc1OC. The van der Waals surface area contributed by atoms with Gasteiger partial charge in [-0.15, -0.1) is 0 Å². The number of methoxy groups -OCH3 is 5. The van der Waals surface area contributed by atoms with Gasteiger partial charge in [0.15, 0.2) is 23.0 Å². The highest BCUT2D eigenvalue weighted by Gasteiger charge is 2.18. The van der Waals surface area contributed by atoms with E-state index in [1.54, 1.807) is 30.3 Å². The molecule has 1 unspecified atom stereocenters. The fourth-order valence-corrected chi connectivity index (χ4v) is 2.68. The molecule has 0 aliphatic rings. The maximum absolute atomic E-state index is 12.5. The summed E-state index contributed by atoms with van der Waals surface area (Å²) < 4.78 is 26.2. The van der Waals surface area contributed by atoms with E-state index in [9.17, 15) is 9.90 Å². The predicted molar refractivity (Wildman–Crippen MR) is 103 cm³/mol. The van der Waals surface area contributed by atoms with Crippen molar-refractivity contribution in [2.45, 2.75) is 6.10 Å². The molecule has 0 aliphatic heterocycles. The van der Waals surface area contributed by atoms with Crippen LogP contribution >= 0.6 is 0 Å². The maximum Gasteiger partial charge on any atom is 0.251 e. The van der Waals surface area contributed by atoms with Crippen molar-refractivity contribution in [1.29, 1.82) is 0 Å². The molecule has 0 spiro atoms. The lowest BCUT2D eigenvalue weighted by atomic mass is 10.1. The number of nitrogens with one attached hydrogen (secondary N) is 1. The number of carbonyl (C=O) groups is 1. The lowest BCUT2D eigenvalue weighted by molar-refractivity contribution is 0.0915. The molecule has 28 heavy (non-hydrogen) atoms. The van der Waals surface area contributed by atoms with Crippen molar-refractivity contribution in [2.24, 2.45) is 0 Å². The number of aliphatic hydroxyl groups excluding tert-OH is 1. The molecule has 0 aliphatic carbocycles. The second-order valence-corrected chi connectivity index (χ2v) is 5.75. The van der Waals surface area contributed by atoms with Crippen LogP contribution in [0, 0.1) is 0 Å². The molecule has 0 radical (unpaired) electrons. The van der Waals surface area contributed by atoms with Gasteiger partial charge in [0.2, 0.25) is 5.75 Å². The minimum atomic E-state index is -0.925. The van der Waals surface area contributed by atoms with E-state index in [1.807, 2.05) is 0 Å². The zero-order valence-electron chi connectivity index (χ0n) is 16.6. The van der Waals surface area contributed by atoms with Crippen molar-refractivity contribution in [1.82, 2.24) is 5.32 Å². The molecule has 0 saturated heterocycles. The molecule has 0 heterocycles. The number of ether oxygens (including phenoxy) is 5. The second-order valence-electron chi connectivity index (χ2n) is 5.75. The smallest absolute Gasteiger partial charge is 0.251 e. The van der Waals surface area contributed by atoms with Gasteiger partial charge in [0.1, 0.15) is 0 Å². The first-order valence-electron chi connectivity index (χ1n) is 8.47. The Morgan fingerprint density at radius 3 is 1.93 bits per heavy atom. The molecule has 0 fully saturated rings. The van der Waals surface area contributed by atoms with Crippen LogP contribution in [-0.4, -0.2) is 53.1 Å². The molecule has 152 valence electrons. The van der Waals surface area contributed by atoms with Gasteiger partial charge in [-0.25, -0.2) is 0 Å². The normalized spacial score (nSPS) is 11.4. The second kappa shape index (κ2) is 9.70. The van der Waals surface area contributed by atoms with Crippen LogP contribution in [0.15, 0.2) is 30.3 Å². The van der Waals surface area contributed by atoms with Crippen molar-refractivity contribution in [3.8, 4) is 28.7 Å². The minimum Gasteiger partial charge on any atom is -0.493 e. The third-order valence-corrected chi connectivity index (χ3v) is 4.18. The van der Waals surface area contributed by atoms with E-state index in [2.05, 4.69) is 5.32 Å². The van der Waals surface area contributed by atoms with E-state index in [1.165, 1.54) is 35.5 Å². The number of hydrogen-bond donors (Lipinski definition) is 2. The first kappa shape index (κ1) is 21.2. The summed E-state index contributed by atoms with van der Waals surface area (Å²) in [6.07, 6.45) is -0.925. The maximum atomic E-state index is 12.5. The standard InChI is InChI=1S/C20H25NO7/c1-24-15-7-6-12(8-16(15)25-2)14(22)11-21-20(23)13-9-17(26-3)19(28-5)18(10-13)27-4/h6-10,14,22H,11H2,1-5H3,(H,21,23). The number of amides is 1. The Labute approximate surface area is 163 Å². The van der Waals surface area contributed by atoms with Crippen molar-refractivity contribution in [3.05, 3.63) is 41.5 Å². The molecule has 2 aromatic rings. The largest absolute Gasteiger partial charge is 0.493 e. The lowest BCUT2D eigenvalue weighted by Gasteiger charge is -2.16. The van der Waals surface area contributed by atoms with Gasteiger partial charge >= 0.3 is 0 Å². The van der Waals surface area contributed by atoms with Crippen molar-refractivity contribution in [3.63, 3.8) is 0 Å². The Morgan fingerprint density at radius 1 is 0.857 bits per heavy atom. The molecule has 8 heteroatoms. The van der Waals surface area contributed by atoms with Crippen LogP contribution in [0.2, 0.25) is 0 Å². The average Bonchev–Trinajstić information content (AvgIpc) is 2.75. The van der Waals surface area contributed by atoms with Crippen LogP contribution in [0.25, 0.3) is 0 Å². The van der Waals surface area contributed by atoms with Crippen molar-refractivity contribution in [2.75, 3.05) is 42.1 Å². The summed E-state index contributed by atoms with van der Waals surface area (Å²) in [6, 6.07) is 8.14. The molecule has 0 saturated carbocycles. The Hall–Kier alpha value is -3.13. The molecule has 0 bridgehead atoms. The van der Waals surface area contributed by atoms with Crippen LogP contribution in [0.1, 0.15) is 22.0 Å². The fourth-order valence-electron chi connectivity index (χ4n) is 2.68. The van der Waals surface area contributed by atoms with E-state index in [-0.39, 0.29) is 6.54 Å². The fraction of sp³-hybridized carbons (Fsp3) is 0.350.